The van der Waals surface area contributed by atoms with Gasteiger partial charge in [-0.05, 0) is 55.6 Å². The highest BCUT2D eigenvalue weighted by atomic mass is 32.2. The molecule has 0 saturated carbocycles. The van der Waals surface area contributed by atoms with E-state index < -0.39 is 14.9 Å². The summed E-state index contributed by atoms with van der Waals surface area (Å²) >= 11 is 0. The van der Waals surface area contributed by atoms with Gasteiger partial charge >= 0.3 is 0 Å². The third kappa shape index (κ3) is 3.19. The Morgan fingerprint density at radius 2 is 1.70 bits per heavy atom. The van der Waals surface area contributed by atoms with Gasteiger partial charge in [-0.15, -0.1) is 0 Å². The normalized spacial score (nSPS) is 20.4. The maximum atomic E-state index is 13.3. The van der Waals surface area contributed by atoms with E-state index in [-0.39, 0.29) is 16.5 Å². The van der Waals surface area contributed by atoms with Crippen molar-refractivity contribution in [1.82, 2.24) is 5.32 Å². The van der Waals surface area contributed by atoms with E-state index >= 15 is 0 Å². The molecule has 0 spiro atoms. The molecule has 2 aliphatic heterocycles. The number of benzene rings is 2. The minimum atomic E-state index is -3.77. The zero-order chi connectivity index (χ0) is 19.0. The molecule has 1 N–H and O–H groups in total. The van der Waals surface area contributed by atoms with Gasteiger partial charge in [0.1, 0.15) is 0 Å². The molecule has 4 rings (SSSR count). The van der Waals surface area contributed by atoms with E-state index in [1.54, 1.807) is 0 Å². The second-order valence-electron chi connectivity index (χ2n) is 7.04. The Morgan fingerprint density at radius 1 is 1.04 bits per heavy atom. The standard InChI is InChI=1S/C19H21N3O4S/c23-22(24)15-5-7-16(8-6-15)27(25,26)21-13-18(14-9-11-20-12-10-14)17-3-1-2-4-19(17)21/h1-8,14,18,20H,9-13H2. The van der Waals surface area contributed by atoms with Gasteiger partial charge in [0.2, 0.25) is 0 Å². The second-order valence-corrected chi connectivity index (χ2v) is 8.90. The lowest BCUT2D eigenvalue weighted by atomic mass is 9.82. The number of anilines is 1. The van der Waals surface area contributed by atoms with Gasteiger partial charge in [0.15, 0.2) is 0 Å². The second kappa shape index (κ2) is 6.94. The zero-order valence-electron chi connectivity index (χ0n) is 14.7. The van der Waals surface area contributed by atoms with Crippen molar-refractivity contribution in [1.29, 1.82) is 0 Å². The molecular formula is C19H21N3O4S. The highest BCUT2D eigenvalue weighted by Gasteiger charge is 2.40. The average Bonchev–Trinajstić information content (AvgIpc) is 3.09. The minimum Gasteiger partial charge on any atom is -0.317 e. The van der Waals surface area contributed by atoms with E-state index in [4.69, 9.17) is 0 Å². The molecule has 7 nitrogen and oxygen atoms in total. The van der Waals surface area contributed by atoms with Crippen LogP contribution in [0, 0.1) is 16.0 Å². The molecule has 0 aliphatic carbocycles. The van der Waals surface area contributed by atoms with Crippen LogP contribution in [0.4, 0.5) is 11.4 Å². The van der Waals surface area contributed by atoms with Crippen LogP contribution in [0.15, 0.2) is 53.4 Å². The van der Waals surface area contributed by atoms with E-state index in [9.17, 15) is 18.5 Å². The molecule has 1 fully saturated rings. The molecule has 0 amide bonds. The Labute approximate surface area is 158 Å². The number of nitrogens with zero attached hydrogens (tertiary/aromatic N) is 2. The Hall–Kier alpha value is -2.45. The summed E-state index contributed by atoms with van der Waals surface area (Å²) in [5.41, 5.74) is 1.68. The monoisotopic (exact) mass is 387 g/mol. The van der Waals surface area contributed by atoms with Crippen molar-refractivity contribution < 1.29 is 13.3 Å². The van der Waals surface area contributed by atoms with Gasteiger partial charge in [0.05, 0.1) is 15.5 Å². The number of nitrogens with one attached hydrogen (secondary N) is 1. The number of hydrogen-bond acceptors (Lipinski definition) is 5. The molecule has 0 aromatic heterocycles. The van der Waals surface area contributed by atoms with Crippen LogP contribution in [-0.4, -0.2) is 33.0 Å². The Balaban J connectivity index is 1.69. The number of piperidine rings is 1. The number of sulfonamides is 1. The summed E-state index contributed by atoms with van der Waals surface area (Å²) in [5, 5.41) is 14.2. The van der Waals surface area contributed by atoms with Gasteiger partial charge < -0.3 is 5.32 Å². The Morgan fingerprint density at radius 3 is 2.37 bits per heavy atom. The lowest BCUT2D eigenvalue weighted by Crippen LogP contribution is -2.34. The lowest BCUT2D eigenvalue weighted by Gasteiger charge is -2.28. The third-order valence-corrected chi connectivity index (χ3v) is 7.35. The van der Waals surface area contributed by atoms with Crippen molar-refractivity contribution in [3.63, 3.8) is 0 Å². The van der Waals surface area contributed by atoms with Gasteiger partial charge in [-0.1, -0.05) is 18.2 Å². The summed E-state index contributed by atoms with van der Waals surface area (Å²) < 4.78 is 28.0. The van der Waals surface area contributed by atoms with Crippen LogP contribution in [0.1, 0.15) is 24.3 Å². The van der Waals surface area contributed by atoms with Crippen LogP contribution >= 0.6 is 0 Å². The number of nitro benzene ring substituents is 1. The molecule has 2 aromatic carbocycles. The van der Waals surface area contributed by atoms with Crippen LogP contribution in [-0.2, 0) is 10.0 Å². The zero-order valence-corrected chi connectivity index (χ0v) is 15.6. The predicted molar refractivity (Wildman–Crippen MR) is 102 cm³/mol. The topological polar surface area (TPSA) is 92.5 Å². The molecular weight excluding hydrogens is 366 g/mol. The summed E-state index contributed by atoms with van der Waals surface area (Å²) in [4.78, 5) is 10.4. The first-order chi connectivity index (χ1) is 13.0. The van der Waals surface area contributed by atoms with E-state index in [1.165, 1.54) is 28.6 Å². The van der Waals surface area contributed by atoms with Crippen LogP contribution in [0.3, 0.4) is 0 Å². The molecule has 1 atom stereocenters. The minimum absolute atomic E-state index is 0.0777. The quantitative estimate of drug-likeness (QED) is 0.643. The maximum Gasteiger partial charge on any atom is 0.269 e. The fourth-order valence-corrected chi connectivity index (χ4v) is 5.66. The van der Waals surface area contributed by atoms with Crippen molar-refractivity contribution in [2.75, 3.05) is 23.9 Å². The number of para-hydroxylation sites is 1. The smallest absolute Gasteiger partial charge is 0.269 e. The van der Waals surface area contributed by atoms with Gasteiger partial charge in [-0.3, -0.25) is 14.4 Å². The lowest BCUT2D eigenvalue weighted by molar-refractivity contribution is -0.384. The number of hydrogen-bond donors (Lipinski definition) is 1. The molecule has 0 radical (unpaired) electrons. The molecule has 1 saturated heterocycles. The van der Waals surface area contributed by atoms with E-state index in [1.807, 2.05) is 24.3 Å². The molecule has 27 heavy (non-hydrogen) atoms. The van der Waals surface area contributed by atoms with Gasteiger partial charge in [0, 0.05) is 24.6 Å². The van der Waals surface area contributed by atoms with Gasteiger partial charge in [-0.25, -0.2) is 8.42 Å². The van der Waals surface area contributed by atoms with E-state index in [0.29, 0.717) is 12.5 Å². The van der Waals surface area contributed by atoms with E-state index in [0.717, 1.165) is 37.2 Å². The van der Waals surface area contributed by atoms with Crippen molar-refractivity contribution in [3.8, 4) is 0 Å². The maximum absolute atomic E-state index is 13.3. The third-order valence-electron chi connectivity index (χ3n) is 5.56. The average molecular weight is 387 g/mol. The van der Waals surface area contributed by atoms with Crippen molar-refractivity contribution in [2.45, 2.75) is 23.7 Å². The summed E-state index contributed by atoms with van der Waals surface area (Å²) in [6.07, 6.45) is 2.06. The van der Waals surface area contributed by atoms with Crippen molar-refractivity contribution in [2.24, 2.45) is 5.92 Å². The summed E-state index contributed by atoms with van der Waals surface area (Å²) in [6.45, 7) is 2.33. The van der Waals surface area contributed by atoms with Crippen LogP contribution in [0.5, 0.6) is 0 Å². The van der Waals surface area contributed by atoms with Gasteiger partial charge in [0.25, 0.3) is 15.7 Å². The first-order valence-corrected chi connectivity index (χ1v) is 10.5. The first-order valence-electron chi connectivity index (χ1n) is 9.05. The number of nitro groups is 1. The number of rotatable bonds is 4. The summed E-state index contributed by atoms with van der Waals surface area (Å²) in [5.74, 6) is 0.626. The number of fused-ring (bicyclic) bond motifs is 1. The fraction of sp³-hybridized carbons (Fsp3) is 0.368. The Bertz CT molecular complexity index is 953. The molecule has 2 aromatic rings. The molecule has 142 valence electrons. The molecule has 0 bridgehead atoms. The van der Waals surface area contributed by atoms with Crippen LogP contribution in [0.2, 0.25) is 0 Å². The van der Waals surface area contributed by atoms with Crippen molar-refractivity contribution >= 4 is 21.4 Å². The molecule has 8 heteroatoms. The Kier molecular flexibility index (Phi) is 4.61. The van der Waals surface area contributed by atoms with Crippen LogP contribution < -0.4 is 9.62 Å². The van der Waals surface area contributed by atoms with Gasteiger partial charge in [-0.2, -0.15) is 0 Å². The largest absolute Gasteiger partial charge is 0.317 e. The van der Waals surface area contributed by atoms with Crippen molar-refractivity contribution in [3.05, 3.63) is 64.2 Å². The van der Waals surface area contributed by atoms with E-state index in [2.05, 4.69) is 5.32 Å². The first kappa shape index (κ1) is 17.9. The number of non-ortho nitro benzene ring substituents is 1. The molecule has 1 unspecified atom stereocenters. The predicted octanol–water partition coefficient (Wildman–Crippen LogP) is 2.89. The summed E-state index contributed by atoms with van der Waals surface area (Å²) in [7, 11) is -3.77. The fourth-order valence-electron chi connectivity index (χ4n) is 4.15. The highest BCUT2D eigenvalue weighted by Crippen LogP contribution is 2.45. The highest BCUT2D eigenvalue weighted by molar-refractivity contribution is 7.92. The summed E-state index contributed by atoms with van der Waals surface area (Å²) in [6, 6.07) is 12.8. The SMILES string of the molecule is O=[N+]([O-])c1ccc(S(=O)(=O)N2CC(C3CCNCC3)c3ccccc32)cc1. The van der Waals surface area contributed by atoms with Crippen LogP contribution in [0.25, 0.3) is 0 Å². The molecule has 2 heterocycles. The molecule has 2 aliphatic rings.